The molecule has 1 N–H and O–H groups in total. The van der Waals surface area contributed by atoms with E-state index in [1.54, 1.807) is 23.0 Å². The zero-order valence-electron chi connectivity index (χ0n) is 19.3. The highest BCUT2D eigenvalue weighted by molar-refractivity contribution is 7.90. The first-order valence-electron chi connectivity index (χ1n) is 11.5. The highest BCUT2D eigenvalue weighted by Gasteiger charge is 2.47. The lowest BCUT2D eigenvalue weighted by Gasteiger charge is -2.38. The Bertz CT molecular complexity index is 1440. The average Bonchev–Trinajstić information content (AvgIpc) is 3.19. The molecule has 2 aromatic heterocycles. The van der Waals surface area contributed by atoms with Crippen molar-refractivity contribution in [3.8, 4) is 0 Å². The number of thiazole rings is 1. The van der Waals surface area contributed by atoms with Crippen LogP contribution >= 0.6 is 11.3 Å². The summed E-state index contributed by atoms with van der Waals surface area (Å²) in [6.07, 6.45) is 5.53. The third-order valence-electron chi connectivity index (χ3n) is 6.82. The lowest BCUT2D eigenvalue weighted by atomic mass is 9.80. The van der Waals surface area contributed by atoms with Crippen LogP contribution in [0.4, 0.5) is 4.39 Å². The van der Waals surface area contributed by atoms with Crippen molar-refractivity contribution >= 4 is 32.8 Å². The summed E-state index contributed by atoms with van der Waals surface area (Å²) < 4.78 is 44.1. The van der Waals surface area contributed by atoms with Crippen molar-refractivity contribution in [3.63, 3.8) is 0 Å². The third-order valence-corrected chi connectivity index (χ3v) is 9.60. The summed E-state index contributed by atoms with van der Waals surface area (Å²) in [5.74, 6) is 0.371. The van der Waals surface area contributed by atoms with Crippen LogP contribution in [0.5, 0.6) is 0 Å². The number of amidine groups is 1. The van der Waals surface area contributed by atoms with Gasteiger partial charge in [-0.1, -0.05) is 12.1 Å². The van der Waals surface area contributed by atoms with Crippen molar-refractivity contribution in [3.05, 3.63) is 75.9 Å². The zero-order valence-corrected chi connectivity index (χ0v) is 21.0. The molecule has 0 radical (unpaired) electrons. The Balaban J connectivity index is 1.53. The topological polar surface area (TPSA) is 92.5 Å². The van der Waals surface area contributed by atoms with Crippen molar-refractivity contribution in [2.75, 3.05) is 6.54 Å². The van der Waals surface area contributed by atoms with Crippen LogP contribution < -0.4 is 4.72 Å². The molecule has 0 amide bonds. The van der Waals surface area contributed by atoms with E-state index < -0.39 is 15.6 Å². The normalized spacial score (nSPS) is 24.6. The molecule has 6 rings (SSSR count). The molecule has 2 fully saturated rings. The first-order chi connectivity index (χ1) is 16.7. The highest BCUT2D eigenvalue weighted by atomic mass is 32.2. The SMILES string of the molecule is Cn1ccc(C2=C3CC(NS(=O)(=O)C4CC4)CN3C(c3nccs3)=NC2(C)c2ccc(F)cc2)n1. The summed E-state index contributed by atoms with van der Waals surface area (Å²) in [6, 6.07) is 8.02. The van der Waals surface area contributed by atoms with Gasteiger partial charge in [-0.15, -0.1) is 11.3 Å². The van der Waals surface area contributed by atoms with Gasteiger partial charge in [0.05, 0.1) is 10.9 Å². The predicted octanol–water partition coefficient (Wildman–Crippen LogP) is 3.26. The van der Waals surface area contributed by atoms with Crippen molar-refractivity contribution in [1.29, 1.82) is 0 Å². The fourth-order valence-corrected chi connectivity index (χ4v) is 7.22. The Morgan fingerprint density at radius 3 is 2.60 bits per heavy atom. The van der Waals surface area contributed by atoms with Gasteiger partial charge in [0.1, 0.15) is 11.4 Å². The minimum atomic E-state index is -3.36. The van der Waals surface area contributed by atoms with E-state index in [0.29, 0.717) is 31.6 Å². The van der Waals surface area contributed by atoms with Crippen LogP contribution in [0.2, 0.25) is 0 Å². The van der Waals surface area contributed by atoms with Gasteiger partial charge in [-0.25, -0.2) is 27.5 Å². The van der Waals surface area contributed by atoms with Gasteiger partial charge < -0.3 is 4.90 Å². The number of halogens is 1. The number of nitrogens with zero attached hydrogens (tertiary/aromatic N) is 5. The van der Waals surface area contributed by atoms with Crippen molar-refractivity contribution < 1.29 is 12.8 Å². The molecule has 1 aliphatic carbocycles. The first-order valence-corrected chi connectivity index (χ1v) is 14.0. The van der Waals surface area contributed by atoms with E-state index in [2.05, 4.69) is 14.6 Å². The van der Waals surface area contributed by atoms with Crippen LogP contribution in [0.15, 0.2) is 58.8 Å². The summed E-state index contributed by atoms with van der Waals surface area (Å²) in [7, 11) is -1.50. The minimum absolute atomic E-state index is 0.291. The van der Waals surface area contributed by atoms with Gasteiger partial charge in [0.15, 0.2) is 10.8 Å². The molecule has 2 unspecified atom stereocenters. The summed E-state index contributed by atoms with van der Waals surface area (Å²) in [5.41, 5.74) is 2.55. The van der Waals surface area contributed by atoms with Gasteiger partial charge in [0.25, 0.3) is 0 Å². The molecule has 0 spiro atoms. The fourth-order valence-electron chi connectivity index (χ4n) is 5.01. The number of fused-ring (bicyclic) bond motifs is 1. The Hall–Kier alpha value is -2.89. The maximum Gasteiger partial charge on any atom is 0.214 e. The van der Waals surface area contributed by atoms with E-state index in [0.717, 1.165) is 27.5 Å². The predicted molar refractivity (Wildman–Crippen MR) is 133 cm³/mol. The van der Waals surface area contributed by atoms with Crippen LogP contribution in [0.3, 0.4) is 0 Å². The van der Waals surface area contributed by atoms with Crippen LogP contribution in [0.1, 0.15) is 42.5 Å². The molecule has 0 bridgehead atoms. The summed E-state index contributed by atoms with van der Waals surface area (Å²) >= 11 is 1.48. The van der Waals surface area contributed by atoms with E-state index in [-0.39, 0.29) is 17.1 Å². The van der Waals surface area contributed by atoms with E-state index in [1.165, 1.54) is 23.5 Å². The highest BCUT2D eigenvalue weighted by Crippen LogP contribution is 2.48. The largest absolute Gasteiger partial charge is 0.326 e. The molecule has 35 heavy (non-hydrogen) atoms. The Morgan fingerprint density at radius 2 is 1.97 bits per heavy atom. The molecule has 182 valence electrons. The second-order valence-electron chi connectivity index (χ2n) is 9.42. The van der Waals surface area contributed by atoms with E-state index >= 15 is 0 Å². The molecular formula is C24H25FN6O2S2. The van der Waals surface area contributed by atoms with Crippen LogP contribution in [-0.2, 0) is 22.6 Å². The Labute approximate surface area is 207 Å². The van der Waals surface area contributed by atoms with Gasteiger partial charge in [-0.3, -0.25) is 4.68 Å². The molecule has 1 saturated heterocycles. The van der Waals surface area contributed by atoms with Gasteiger partial charge in [0.2, 0.25) is 10.0 Å². The number of aromatic nitrogens is 3. The number of hydrogen-bond acceptors (Lipinski definition) is 7. The molecular weight excluding hydrogens is 487 g/mol. The summed E-state index contributed by atoms with van der Waals surface area (Å²) in [4.78, 5) is 11.8. The number of rotatable bonds is 6. The second-order valence-corrected chi connectivity index (χ2v) is 12.3. The minimum Gasteiger partial charge on any atom is -0.326 e. The smallest absolute Gasteiger partial charge is 0.214 e. The van der Waals surface area contributed by atoms with Gasteiger partial charge in [0, 0.05) is 55.1 Å². The van der Waals surface area contributed by atoms with E-state index in [9.17, 15) is 12.8 Å². The van der Waals surface area contributed by atoms with Crippen molar-refractivity contribution in [2.24, 2.45) is 12.0 Å². The second kappa shape index (κ2) is 8.07. The van der Waals surface area contributed by atoms with E-state index in [4.69, 9.17) is 10.1 Å². The number of nitrogens with one attached hydrogen (secondary N) is 1. The number of sulfonamides is 1. The van der Waals surface area contributed by atoms with Crippen molar-refractivity contribution in [1.82, 2.24) is 24.4 Å². The quantitative estimate of drug-likeness (QED) is 0.547. The monoisotopic (exact) mass is 512 g/mol. The number of aliphatic imine (C=N–C) groups is 1. The maximum atomic E-state index is 13.9. The van der Waals surface area contributed by atoms with Crippen LogP contribution in [0.25, 0.3) is 5.57 Å². The molecule has 3 aliphatic rings. The maximum absolute atomic E-state index is 13.9. The summed E-state index contributed by atoms with van der Waals surface area (Å²) in [5, 5.41) is 7.05. The zero-order chi connectivity index (χ0) is 24.4. The Kier molecular flexibility index (Phi) is 5.20. The molecule has 4 heterocycles. The van der Waals surface area contributed by atoms with Gasteiger partial charge in [-0.2, -0.15) is 5.10 Å². The van der Waals surface area contributed by atoms with Gasteiger partial charge >= 0.3 is 0 Å². The molecule has 3 aromatic rings. The van der Waals surface area contributed by atoms with Crippen LogP contribution in [-0.4, -0.2) is 51.8 Å². The summed E-state index contributed by atoms with van der Waals surface area (Å²) in [6.45, 7) is 2.46. The first kappa shape index (κ1) is 22.6. The molecule has 8 nitrogen and oxygen atoms in total. The third kappa shape index (κ3) is 3.91. The molecule has 1 saturated carbocycles. The lowest BCUT2D eigenvalue weighted by molar-refractivity contribution is 0.499. The molecule has 11 heteroatoms. The fraction of sp³-hybridized carbons (Fsp3) is 0.375. The molecule has 2 aliphatic heterocycles. The number of aryl methyl sites for hydroxylation is 1. The molecule has 2 atom stereocenters. The molecule has 1 aromatic carbocycles. The standard InChI is InChI=1S/C24H25FN6O2S2/c1-24(15-3-5-16(25)6-4-15)21(19-9-11-30(2)28-19)20-13-17(29-35(32,33)18-7-8-18)14-31(20)22(27-24)23-26-10-12-34-23/h3-6,9-12,17-18,29H,7-8,13-14H2,1-2H3. The number of hydrogen-bond donors (Lipinski definition) is 1. The van der Waals surface area contributed by atoms with E-state index in [1.807, 2.05) is 31.6 Å². The van der Waals surface area contributed by atoms with Gasteiger partial charge in [-0.05, 0) is 43.5 Å². The average molecular weight is 513 g/mol. The lowest BCUT2D eigenvalue weighted by Crippen LogP contribution is -2.42. The van der Waals surface area contributed by atoms with Crippen LogP contribution in [0, 0.1) is 5.82 Å². The number of benzene rings is 1. The van der Waals surface area contributed by atoms with Crippen molar-refractivity contribution in [2.45, 2.75) is 43.0 Å². The Morgan fingerprint density at radius 1 is 1.20 bits per heavy atom.